The smallest absolute Gasteiger partial charge is 0.303 e. The van der Waals surface area contributed by atoms with Crippen molar-refractivity contribution in [2.24, 2.45) is 5.92 Å². The minimum Gasteiger partial charge on any atom is -0.481 e. The summed E-state index contributed by atoms with van der Waals surface area (Å²) in [4.78, 5) is 25.9. The Balaban J connectivity index is 3.59. The molecule has 0 fully saturated rings. The first kappa shape index (κ1) is 11.9. The maximum atomic E-state index is 11.0. The minimum atomic E-state index is -0.892. The van der Waals surface area contributed by atoms with Gasteiger partial charge in [-0.05, 0) is 12.8 Å². The number of carbonyl (C=O) groups excluding carboxylic acids is 1. The minimum absolute atomic E-state index is 0.000451. The molecule has 0 bridgehead atoms. The summed E-state index contributed by atoms with van der Waals surface area (Å²) in [5, 5.41) is 8.41. The molecule has 1 unspecified atom stereocenters. The van der Waals surface area contributed by atoms with Gasteiger partial charge in [-0.25, -0.2) is 5.48 Å². The number of rotatable bonds is 6. The van der Waals surface area contributed by atoms with Crippen LogP contribution in [0.5, 0.6) is 0 Å². The van der Waals surface area contributed by atoms with E-state index in [1.165, 1.54) is 0 Å². The Bertz CT molecular complexity index is 181. The summed E-state index contributed by atoms with van der Waals surface area (Å²) in [6.07, 6.45) is 0.172. The van der Waals surface area contributed by atoms with Crippen molar-refractivity contribution in [2.75, 3.05) is 6.61 Å². The van der Waals surface area contributed by atoms with Gasteiger partial charge in [0.05, 0.1) is 6.61 Å². The first-order valence-electron chi connectivity index (χ1n) is 4.18. The molecule has 0 rings (SSSR count). The molecule has 5 nitrogen and oxygen atoms in total. The van der Waals surface area contributed by atoms with Crippen LogP contribution in [0.4, 0.5) is 0 Å². The highest BCUT2D eigenvalue weighted by Gasteiger charge is 2.12. The highest BCUT2D eigenvalue weighted by atomic mass is 16.6. The predicted molar refractivity (Wildman–Crippen MR) is 45.8 cm³/mol. The molecule has 1 amide bonds. The van der Waals surface area contributed by atoms with E-state index in [2.05, 4.69) is 10.3 Å². The topological polar surface area (TPSA) is 75.6 Å². The molecule has 0 aliphatic rings. The summed E-state index contributed by atoms with van der Waals surface area (Å²) >= 11 is 0. The fraction of sp³-hybridized carbons (Fsp3) is 0.750. The van der Waals surface area contributed by atoms with Crippen molar-refractivity contribution >= 4 is 11.9 Å². The van der Waals surface area contributed by atoms with Gasteiger partial charge in [-0.3, -0.25) is 14.4 Å². The van der Waals surface area contributed by atoms with Gasteiger partial charge in [0.2, 0.25) is 5.91 Å². The summed E-state index contributed by atoms with van der Waals surface area (Å²) in [7, 11) is 0. The molecule has 76 valence electrons. The Morgan fingerprint density at radius 3 is 2.54 bits per heavy atom. The average Bonchev–Trinajstić information content (AvgIpc) is 1.98. The van der Waals surface area contributed by atoms with Gasteiger partial charge in [-0.15, -0.1) is 0 Å². The Morgan fingerprint density at radius 2 is 2.08 bits per heavy atom. The summed E-state index contributed by atoms with van der Waals surface area (Å²) in [5.41, 5.74) is 2.20. The van der Waals surface area contributed by atoms with Gasteiger partial charge in [-0.1, -0.05) is 6.92 Å². The van der Waals surface area contributed by atoms with Crippen LogP contribution < -0.4 is 5.48 Å². The van der Waals surface area contributed by atoms with Gasteiger partial charge < -0.3 is 5.11 Å². The molecule has 0 aliphatic carbocycles. The number of carbonyl (C=O) groups is 2. The number of carboxylic acids is 1. The van der Waals surface area contributed by atoms with Crippen LogP contribution >= 0.6 is 0 Å². The fourth-order valence-electron chi connectivity index (χ4n) is 0.881. The van der Waals surface area contributed by atoms with Gasteiger partial charge in [0, 0.05) is 12.8 Å². The second-order valence-electron chi connectivity index (χ2n) is 2.87. The predicted octanol–water partition coefficient (Wildman–Crippen LogP) is 0.555. The van der Waals surface area contributed by atoms with Crippen LogP contribution in [0.25, 0.3) is 0 Å². The molecule has 0 aliphatic heterocycles. The average molecular weight is 189 g/mol. The largest absolute Gasteiger partial charge is 0.481 e. The number of carboxylic acid groups (broad SMARTS) is 1. The van der Waals surface area contributed by atoms with Crippen molar-refractivity contribution in [3.05, 3.63) is 0 Å². The maximum absolute atomic E-state index is 11.0. The Morgan fingerprint density at radius 1 is 1.46 bits per heavy atom. The molecule has 0 aromatic rings. The molecule has 2 N–H and O–H groups in total. The van der Waals surface area contributed by atoms with Crippen molar-refractivity contribution in [3.63, 3.8) is 0 Å². The molecular formula is C8H15NO4. The van der Waals surface area contributed by atoms with Gasteiger partial charge in [-0.2, -0.15) is 0 Å². The Labute approximate surface area is 77.0 Å². The van der Waals surface area contributed by atoms with Gasteiger partial charge in [0.15, 0.2) is 0 Å². The monoisotopic (exact) mass is 189 g/mol. The van der Waals surface area contributed by atoms with Crippen molar-refractivity contribution in [1.82, 2.24) is 5.48 Å². The van der Waals surface area contributed by atoms with Crippen LogP contribution in [0.15, 0.2) is 0 Å². The van der Waals surface area contributed by atoms with E-state index in [0.717, 1.165) is 0 Å². The molecule has 0 spiro atoms. The van der Waals surface area contributed by atoms with Crippen molar-refractivity contribution in [2.45, 2.75) is 26.7 Å². The molecule has 0 aromatic carbocycles. The molecule has 0 heterocycles. The van der Waals surface area contributed by atoms with Crippen LogP contribution in [0.2, 0.25) is 0 Å². The third-order valence-electron chi connectivity index (χ3n) is 1.39. The van der Waals surface area contributed by atoms with Crippen LogP contribution in [-0.4, -0.2) is 23.6 Å². The van der Waals surface area contributed by atoms with Crippen LogP contribution in [0.1, 0.15) is 26.7 Å². The van der Waals surface area contributed by atoms with E-state index in [9.17, 15) is 9.59 Å². The zero-order valence-electron chi connectivity index (χ0n) is 7.87. The maximum Gasteiger partial charge on any atom is 0.303 e. The van der Waals surface area contributed by atoms with E-state index < -0.39 is 5.97 Å². The van der Waals surface area contributed by atoms with Crippen LogP contribution in [0, 0.1) is 5.92 Å². The van der Waals surface area contributed by atoms with E-state index >= 15 is 0 Å². The molecule has 5 heteroatoms. The summed E-state index contributed by atoms with van der Waals surface area (Å²) in [5.74, 6) is -1.34. The van der Waals surface area contributed by atoms with Crippen LogP contribution in [-0.2, 0) is 14.4 Å². The number of hydrogen-bond donors (Lipinski definition) is 2. The van der Waals surface area contributed by atoms with Crippen molar-refractivity contribution in [3.8, 4) is 0 Å². The number of hydrogen-bond acceptors (Lipinski definition) is 3. The van der Waals surface area contributed by atoms with Crippen molar-refractivity contribution in [1.29, 1.82) is 0 Å². The highest BCUT2D eigenvalue weighted by Crippen LogP contribution is 2.06. The number of aliphatic carboxylic acids is 1. The van der Waals surface area contributed by atoms with E-state index in [0.29, 0.717) is 6.61 Å². The Hall–Kier alpha value is -1.10. The fourth-order valence-corrected chi connectivity index (χ4v) is 0.881. The molecule has 0 saturated heterocycles. The lowest BCUT2D eigenvalue weighted by Gasteiger charge is -2.08. The molecule has 0 aromatic heterocycles. The third kappa shape index (κ3) is 7.27. The molecule has 0 saturated carbocycles. The van der Waals surface area contributed by atoms with E-state index in [4.69, 9.17) is 5.11 Å². The number of hydroxylamine groups is 1. The first-order chi connectivity index (χ1) is 6.06. The number of amides is 1. The van der Waals surface area contributed by atoms with E-state index in [-0.39, 0.29) is 24.7 Å². The SMILES string of the molecule is CCONC(=O)CC(C)CC(=O)O. The van der Waals surface area contributed by atoms with Crippen molar-refractivity contribution < 1.29 is 19.5 Å². The first-order valence-corrected chi connectivity index (χ1v) is 4.18. The molecule has 13 heavy (non-hydrogen) atoms. The summed E-state index contributed by atoms with van der Waals surface area (Å²) < 4.78 is 0. The summed E-state index contributed by atoms with van der Waals surface area (Å²) in [6.45, 7) is 3.86. The van der Waals surface area contributed by atoms with Gasteiger partial charge >= 0.3 is 5.97 Å². The quantitative estimate of drug-likeness (QED) is 0.598. The zero-order chi connectivity index (χ0) is 10.3. The second-order valence-corrected chi connectivity index (χ2v) is 2.87. The number of nitrogens with one attached hydrogen (secondary N) is 1. The third-order valence-corrected chi connectivity index (χ3v) is 1.39. The second kappa shape index (κ2) is 6.42. The lowest BCUT2D eigenvalue weighted by molar-refractivity contribution is -0.139. The lowest BCUT2D eigenvalue weighted by Crippen LogP contribution is -2.25. The zero-order valence-corrected chi connectivity index (χ0v) is 7.87. The van der Waals surface area contributed by atoms with E-state index in [1.807, 2.05) is 0 Å². The van der Waals surface area contributed by atoms with Crippen LogP contribution in [0.3, 0.4) is 0 Å². The van der Waals surface area contributed by atoms with E-state index in [1.54, 1.807) is 13.8 Å². The molecule has 0 radical (unpaired) electrons. The van der Waals surface area contributed by atoms with Gasteiger partial charge in [0.25, 0.3) is 0 Å². The van der Waals surface area contributed by atoms with Gasteiger partial charge in [0.1, 0.15) is 0 Å². The lowest BCUT2D eigenvalue weighted by atomic mass is 10.0. The normalized spacial score (nSPS) is 12.2. The highest BCUT2D eigenvalue weighted by molar-refractivity contribution is 5.76. The standard InChI is InChI=1S/C8H15NO4/c1-3-13-9-7(10)4-6(2)5-8(11)12/h6H,3-5H2,1-2H3,(H,9,10)(H,11,12). The summed E-state index contributed by atoms with van der Waals surface area (Å²) in [6, 6.07) is 0. The molecule has 1 atom stereocenters. The molecular weight excluding hydrogens is 174 g/mol. The Kier molecular flexibility index (Phi) is 5.88.